The molecule has 1 aliphatic heterocycles. The number of allylic oxidation sites excluding steroid dienone is 2. The third-order valence-electron chi connectivity index (χ3n) is 6.46. The number of rotatable bonds is 4. The smallest absolute Gasteiger partial charge is 0.235 e. The van der Waals surface area contributed by atoms with Crippen molar-refractivity contribution in [3.05, 3.63) is 42.0 Å². The number of nitrogens with one attached hydrogen (secondary N) is 1. The number of ketones is 1. The van der Waals surface area contributed by atoms with Crippen molar-refractivity contribution < 1.29 is 14.4 Å². The van der Waals surface area contributed by atoms with Gasteiger partial charge in [0.2, 0.25) is 11.8 Å². The summed E-state index contributed by atoms with van der Waals surface area (Å²) < 4.78 is 0. The van der Waals surface area contributed by atoms with E-state index in [0.717, 1.165) is 5.69 Å². The van der Waals surface area contributed by atoms with Gasteiger partial charge in [0.1, 0.15) is 0 Å². The van der Waals surface area contributed by atoms with E-state index < -0.39 is 0 Å². The number of benzene rings is 1. The summed E-state index contributed by atoms with van der Waals surface area (Å²) in [5, 5.41) is 3.14. The standard InChI is InChI=1S/C20H20N2O3/c1-10(23)11-3-2-4-12(7-11)21-9-22-19(24)17-13-5-6-14(16-8-15(13)16)18(17)20(22)25/h2-7,13-18,21H,8-9H2,1H3/t13-,14-,15-,16-,17+,18+/m0/s1. The molecule has 2 amide bonds. The molecule has 1 saturated heterocycles. The van der Waals surface area contributed by atoms with Crippen molar-refractivity contribution in [3.8, 4) is 0 Å². The maximum absolute atomic E-state index is 12.9. The lowest BCUT2D eigenvalue weighted by Crippen LogP contribution is -2.40. The summed E-state index contributed by atoms with van der Waals surface area (Å²) in [6.07, 6.45) is 5.53. The summed E-state index contributed by atoms with van der Waals surface area (Å²) in [7, 11) is 0. The molecule has 0 radical (unpaired) electrons. The number of amides is 2. The van der Waals surface area contributed by atoms with Gasteiger partial charge in [0.05, 0.1) is 18.5 Å². The molecule has 1 aromatic rings. The fraction of sp³-hybridized carbons (Fsp3) is 0.450. The molecule has 0 aromatic heterocycles. The van der Waals surface area contributed by atoms with E-state index in [1.807, 2.05) is 6.07 Å². The van der Waals surface area contributed by atoms with Gasteiger partial charge in [0.15, 0.2) is 5.78 Å². The summed E-state index contributed by atoms with van der Waals surface area (Å²) in [6, 6.07) is 7.14. The third kappa shape index (κ3) is 2.04. The van der Waals surface area contributed by atoms with E-state index in [0.29, 0.717) is 17.4 Å². The van der Waals surface area contributed by atoms with E-state index in [4.69, 9.17) is 0 Å². The molecule has 6 atom stereocenters. The molecule has 6 rings (SSSR count). The van der Waals surface area contributed by atoms with Gasteiger partial charge in [0, 0.05) is 11.3 Å². The van der Waals surface area contributed by atoms with Crippen LogP contribution in [0.4, 0.5) is 5.69 Å². The van der Waals surface area contributed by atoms with Crippen LogP contribution in [0.1, 0.15) is 23.7 Å². The van der Waals surface area contributed by atoms with Crippen LogP contribution < -0.4 is 5.32 Å². The average molecular weight is 336 g/mol. The molecular weight excluding hydrogens is 316 g/mol. The highest BCUT2D eigenvalue weighted by atomic mass is 16.2. The van der Waals surface area contributed by atoms with Crippen molar-refractivity contribution >= 4 is 23.3 Å². The number of nitrogens with zero attached hydrogens (tertiary/aromatic N) is 1. The van der Waals surface area contributed by atoms with Crippen LogP contribution >= 0.6 is 0 Å². The van der Waals surface area contributed by atoms with Gasteiger partial charge in [0.25, 0.3) is 0 Å². The minimum atomic E-state index is -0.156. The molecule has 25 heavy (non-hydrogen) atoms. The summed E-state index contributed by atoms with van der Waals surface area (Å²) >= 11 is 0. The van der Waals surface area contributed by atoms with Gasteiger partial charge >= 0.3 is 0 Å². The summed E-state index contributed by atoms with van der Waals surface area (Å²) in [4.78, 5) is 38.6. The van der Waals surface area contributed by atoms with E-state index in [1.165, 1.54) is 18.2 Å². The molecule has 0 spiro atoms. The summed E-state index contributed by atoms with van der Waals surface area (Å²) in [6.45, 7) is 1.69. The molecule has 3 fully saturated rings. The molecule has 5 aliphatic rings. The highest BCUT2D eigenvalue weighted by molar-refractivity contribution is 6.06. The predicted octanol–water partition coefficient (Wildman–Crippen LogP) is 2.31. The first kappa shape index (κ1) is 14.9. The highest BCUT2D eigenvalue weighted by Gasteiger charge is 2.66. The molecular formula is C20H20N2O3. The first-order valence-corrected chi connectivity index (χ1v) is 8.94. The molecule has 0 unspecified atom stereocenters. The molecule has 1 heterocycles. The Morgan fingerprint density at radius 1 is 1.12 bits per heavy atom. The summed E-state index contributed by atoms with van der Waals surface area (Å²) in [5.74, 6) is 1.36. The normalized spacial score (nSPS) is 37.1. The van der Waals surface area contributed by atoms with Crippen molar-refractivity contribution in [2.24, 2.45) is 35.5 Å². The van der Waals surface area contributed by atoms with E-state index in [9.17, 15) is 14.4 Å². The van der Waals surface area contributed by atoms with Crippen LogP contribution in [0.2, 0.25) is 0 Å². The lowest BCUT2D eigenvalue weighted by Gasteiger charge is -2.37. The quantitative estimate of drug-likeness (QED) is 0.520. The zero-order valence-electron chi connectivity index (χ0n) is 14.0. The number of carbonyl (C=O) groups is 3. The van der Waals surface area contributed by atoms with Gasteiger partial charge in [-0.3, -0.25) is 19.3 Å². The molecule has 1 N–H and O–H groups in total. The van der Waals surface area contributed by atoms with Gasteiger partial charge in [-0.05, 0) is 49.1 Å². The Morgan fingerprint density at radius 2 is 1.76 bits per heavy atom. The van der Waals surface area contributed by atoms with E-state index in [-0.39, 0.29) is 47.9 Å². The minimum absolute atomic E-state index is 0.00938. The second kappa shape index (κ2) is 5.04. The van der Waals surface area contributed by atoms with Crippen LogP contribution in [0, 0.1) is 35.5 Å². The van der Waals surface area contributed by atoms with Crippen LogP contribution in [0.3, 0.4) is 0 Å². The Bertz CT molecular complexity index is 794. The number of likely N-dealkylation sites (tertiary alicyclic amines) is 1. The van der Waals surface area contributed by atoms with Crippen LogP contribution in [0.25, 0.3) is 0 Å². The SMILES string of the molecule is CC(=O)c1cccc(NCN2C(=O)[C@@H]3[C@H]4C=C[C@@H]([C@@H]5C[C@@H]45)[C@H]3C2=O)c1. The Morgan fingerprint density at radius 3 is 2.36 bits per heavy atom. The topological polar surface area (TPSA) is 66.5 Å². The van der Waals surface area contributed by atoms with Crippen molar-refractivity contribution in [1.82, 2.24) is 4.90 Å². The number of carbonyl (C=O) groups excluding carboxylic acids is 3. The third-order valence-corrected chi connectivity index (χ3v) is 6.46. The van der Waals surface area contributed by atoms with E-state index >= 15 is 0 Å². The average Bonchev–Trinajstić information content (AvgIpc) is 3.39. The van der Waals surface area contributed by atoms with Gasteiger partial charge in [-0.15, -0.1) is 0 Å². The van der Waals surface area contributed by atoms with Gasteiger partial charge in [-0.25, -0.2) is 0 Å². The maximum atomic E-state index is 12.9. The number of Topliss-reactive ketones (excluding diaryl/α,β-unsaturated/α-hetero) is 1. The van der Waals surface area contributed by atoms with Gasteiger partial charge in [-0.1, -0.05) is 24.3 Å². The molecule has 2 bridgehead atoms. The maximum Gasteiger partial charge on any atom is 0.235 e. The predicted molar refractivity (Wildman–Crippen MR) is 91.5 cm³/mol. The summed E-state index contributed by atoms with van der Waals surface area (Å²) in [5.41, 5.74) is 1.35. The van der Waals surface area contributed by atoms with Crippen molar-refractivity contribution in [1.29, 1.82) is 0 Å². The Labute approximate surface area is 146 Å². The van der Waals surface area contributed by atoms with Crippen LogP contribution in [-0.4, -0.2) is 29.2 Å². The zero-order valence-corrected chi connectivity index (χ0v) is 14.0. The first-order valence-electron chi connectivity index (χ1n) is 8.94. The number of hydrogen-bond donors (Lipinski definition) is 1. The molecule has 5 nitrogen and oxygen atoms in total. The van der Waals surface area contributed by atoms with Crippen molar-refractivity contribution in [2.45, 2.75) is 13.3 Å². The molecule has 2 saturated carbocycles. The lowest BCUT2D eigenvalue weighted by atomic mass is 9.63. The monoisotopic (exact) mass is 336 g/mol. The molecule has 5 heteroatoms. The second-order valence-corrected chi connectivity index (χ2v) is 7.73. The lowest BCUT2D eigenvalue weighted by molar-refractivity contribution is -0.139. The Balaban J connectivity index is 1.34. The largest absolute Gasteiger partial charge is 0.367 e. The van der Waals surface area contributed by atoms with Crippen LogP contribution in [-0.2, 0) is 9.59 Å². The van der Waals surface area contributed by atoms with Crippen LogP contribution in [0.5, 0.6) is 0 Å². The fourth-order valence-electron chi connectivity index (χ4n) is 5.19. The molecule has 1 aromatic carbocycles. The highest BCUT2D eigenvalue weighted by Crippen LogP contribution is 2.65. The number of hydrogen-bond acceptors (Lipinski definition) is 4. The van der Waals surface area contributed by atoms with Gasteiger partial charge < -0.3 is 5.32 Å². The first-order chi connectivity index (χ1) is 12.1. The molecule has 4 aliphatic carbocycles. The van der Waals surface area contributed by atoms with Crippen molar-refractivity contribution in [2.75, 3.05) is 12.0 Å². The van der Waals surface area contributed by atoms with E-state index in [2.05, 4.69) is 17.5 Å². The van der Waals surface area contributed by atoms with Gasteiger partial charge in [-0.2, -0.15) is 0 Å². The number of anilines is 1. The minimum Gasteiger partial charge on any atom is -0.367 e. The zero-order chi connectivity index (χ0) is 17.3. The second-order valence-electron chi connectivity index (χ2n) is 7.73. The number of imide groups is 1. The van der Waals surface area contributed by atoms with E-state index in [1.54, 1.807) is 18.2 Å². The molecule has 128 valence electrons. The Hall–Kier alpha value is -2.43. The van der Waals surface area contributed by atoms with Crippen molar-refractivity contribution in [3.63, 3.8) is 0 Å². The fourth-order valence-corrected chi connectivity index (χ4v) is 5.19. The Kier molecular flexibility index (Phi) is 3.00. The van der Waals surface area contributed by atoms with Crippen LogP contribution in [0.15, 0.2) is 36.4 Å².